The van der Waals surface area contributed by atoms with Crippen LogP contribution in [0.15, 0.2) is 291 Å². The molecule has 0 aliphatic heterocycles. The van der Waals surface area contributed by atoms with Gasteiger partial charge in [-0.05, 0) is 150 Å². The van der Waals surface area contributed by atoms with Gasteiger partial charge in [0, 0.05) is 33.5 Å². The number of aromatic nitrogens is 1. The molecular weight excluding hydrogens is 881 g/mol. The van der Waals surface area contributed by atoms with E-state index in [0.29, 0.717) is 0 Å². The van der Waals surface area contributed by atoms with Gasteiger partial charge in [0.1, 0.15) is 0 Å². The summed E-state index contributed by atoms with van der Waals surface area (Å²) in [6.07, 6.45) is 0. The highest BCUT2D eigenvalue weighted by Crippen LogP contribution is 2.57. The lowest BCUT2D eigenvalue weighted by Gasteiger charge is -2.35. The van der Waals surface area contributed by atoms with E-state index in [-0.39, 0.29) is 0 Å². The van der Waals surface area contributed by atoms with Gasteiger partial charge in [-0.3, -0.25) is 0 Å². The number of rotatable bonds is 9. The molecule has 342 valence electrons. The SMILES string of the molecule is c1ccc(-n2c3ccccc3c3cc(-c4ccc(-c5cccc(N(c6ccc(-c7ccc8ccccc8c7)cc6)c6ccc7c(c6)C(c6ccccc6)(c6ccccc6)c6ccccc6-7)c5)cc4)ccc32)cc1. The molecule has 73 heavy (non-hydrogen) atoms. The van der Waals surface area contributed by atoms with Crippen molar-refractivity contribution < 1.29 is 0 Å². The molecule has 0 bridgehead atoms. The molecule has 14 rings (SSSR count). The van der Waals surface area contributed by atoms with Crippen molar-refractivity contribution in [3.8, 4) is 50.2 Å². The number of hydrogen-bond donors (Lipinski definition) is 0. The van der Waals surface area contributed by atoms with Crippen molar-refractivity contribution in [2.75, 3.05) is 4.90 Å². The molecule has 0 amide bonds. The first-order valence-electron chi connectivity index (χ1n) is 25.2. The third kappa shape index (κ3) is 7.02. The van der Waals surface area contributed by atoms with Crippen LogP contribution in [0.1, 0.15) is 22.3 Å². The average molecular weight is 929 g/mol. The zero-order valence-electron chi connectivity index (χ0n) is 40.1. The molecule has 1 aliphatic rings. The Morgan fingerprint density at radius 2 is 0.795 bits per heavy atom. The predicted molar refractivity (Wildman–Crippen MR) is 307 cm³/mol. The Hall–Kier alpha value is -9.50. The van der Waals surface area contributed by atoms with Gasteiger partial charge in [-0.1, -0.05) is 218 Å². The Morgan fingerprint density at radius 3 is 1.53 bits per heavy atom. The number of nitrogens with zero attached hydrogens (tertiary/aromatic N) is 2. The molecule has 0 saturated carbocycles. The van der Waals surface area contributed by atoms with Crippen molar-refractivity contribution in [1.82, 2.24) is 4.57 Å². The Morgan fingerprint density at radius 1 is 0.274 bits per heavy atom. The molecule has 0 unspecified atom stereocenters. The van der Waals surface area contributed by atoms with Crippen molar-refractivity contribution in [2.45, 2.75) is 5.41 Å². The van der Waals surface area contributed by atoms with Crippen LogP contribution in [0.4, 0.5) is 17.1 Å². The summed E-state index contributed by atoms with van der Waals surface area (Å²) in [5, 5.41) is 4.99. The van der Waals surface area contributed by atoms with Crippen LogP contribution in [-0.4, -0.2) is 4.57 Å². The standard InChI is InChI=1S/C71H48N2/c1-4-20-57(21-5-1)71(58-22-6-2-7-23-58)67-29-14-12-27-63(67)64-43-42-62(48-68(64)71)72(60-40-37-52(38-41-60)55-36-35-49-17-10-11-18-53(49)45-55)61-26-16-19-54(46-61)50-31-33-51(34-32-50)56-39-44-70-66(47-56)65-28-13-15-30-69(65)73(70)59-24-8-3-9-25-59/h1-48H. The van der Waals surface area contributed by atoms with Crippen molar-refractivity contribution in [1.29, 1.82) is 0 Å². The summed E-state index contributed by atoms with van der Waals surface area (Å²) in [5.74, 6) is 0. The first kappa shape index (κ1) is 42.4. The highest BCUT2D eigenvalue weighted by Gasteiger charge is 2.46. The summed E-state index contributed by atoms with van der Waals surface area (Å²) in [4.78, 5) is 2.44. The van der Waals surface area contributed by atoms with E-state index in [2.05, 4.69) is 301 Å². The van der Waals surface area contributed by atoms with Crippen molar-refractivity contribution in [3.63, 3.8) is 0 Å². The zero-order chi connectivity index (χ0) is 48.3. The van der Waals surface area contributed by atoms with Crippen LogP contribution in [0.3, 0.4) is 0 Å². The van der Waals surface area contributed by atoms with E-state index in [9.17, 15) is 0 Å². The van der Waals surface area contributed by atoms with E-state index >= 15 is 0 Å². The van der Waals surface area contributed by atoms with Crippen LogP contribution in [0.5, 0.6) is 0 Å². The van der Waals surface area contributed by atoms with E-state index in [1.807, 2.05) is 0 Å². The van der Waals surface area contributed by atoms with Gasteiger partial charge in [0.25, 0.3) is 0 Å². The maximum atomic E-state index is 2.46. The molecule has 13 aromatic rings. The fourth-order valence-electron chi connectivity index (χ4n) is 11.9. The number of anilines is 3. The van der Waals surface area contributed by atoms with Crippen LogP contribution in [0.25, 0.3) is 82.8 Å². The monoisotopic (exact) mass is 928 g/mol. The minimum absolute atomic E-state index is 0.525. The normalized spacial score (nSPS) is 12.5. The van der Waals surface area contributed by atoms with E-state index in [1.165, 1.54) is 93.9 Å². The smallest absolute Gasteiger partial charge is 0.0714 e. The first-order chi connectivity index (χ1) is 36.2. The quantitative estimate of drug-likeness (QED) is 0.140. The topological polar surface area (TPSA) is 8.17 Å². The molecule has 1 aliphatic carbocycles. The number of hydrogen-bond acceptors (Lipinski definition) is 1. The van der Waals surface area contributed by atoms with Crippen LogP contribution >= 0.6 is 0 Å². The fourth-order valence-corrected chi connectivity index (χ4v) is 11.9. The lowest BCUT2D eigenvalue weighted by molar-refractivity contribution is 0.768. The molecule has 0 atom stereocenters. The molecule has 2 heteroatoms. The number of para-hydroxylation sites is 2. The van der Waals surface area contributed by atoms with Gasteiger partial charge < -0.3 is 9.47 Å². The highest BCUT2D eigenvalue weighted by molar-refractivity contribution is 6.10. The highest BCUT2D eigenvalue weighted by atomic mass is 15.1. The molecule has 0 radical (unpaired) electrons. The lowest BCUT2D eigenvalue weighted by atomic mass is 9.67. The van der Waals surface area contributed by atoms with Gasteiger partial charge in [0.15, 0.2) is 0 Å². The van der Waals surface area contributed by atoms with Gasteiger partial charge in [0.2, 0.25) is 0 Å². The van der Waals surface area contributed by atoms with Gasteiger partial charge in [0.05, 0.1) is 16.4 Å². The first-order valence-corrected chi connectivity index (χ1v) is 25.2. The minimum Gasteiger partial charge on any atom is -0.310 e. The second-order valence-electron chi connectivity index (χ2n) is 19.2. The number of fused-ring (bicyclic) bond motifs is 7. The molecule has 2 nitrogen and oxygen atoms in total. The summed E-state index contributed by atoms with van der Waals surface area (Å²) in [5.41, 5.74) is 21.0. The molecule has 0 N–H and O–H groups in total. The minimum atomic E-state index is -0.525. The van der Waals surface area contributed by atoms with E-state index < -0.39 is 5.41 Å². The van der Waals surface area contributed by atoms with E-state index in [1.54, 1.807) is 0 Å². The number of benzene rings is 12. The molecule has 1 aromatic heterocycles. The van der Waals surface area contributed by atoms with Gasteiger partial charge in [-0.15, -0.1) is 0 Å². The summed E-state index contributed by atoms with van der Waals surface area (Å²) in [6.45, 7) is 0. The second kappa shape index (κ2) is 17.4. The van der Waals surface area contributed by atoms with Crippen molar-refractivity contribution >= 4 is 49.6 Å². The van der Waals surface area contributed by atoms with E-state index in [4.69, 9.17) is 0 Å². The second-order valence-corrected chi connectivity index (χ2v) is 19.2. The largest absolute Gasteiger partial charge is 0.310 e. The molecule has 12 aromatic carbocycles. The predicted octanol–water partition coefficient (Wildman–Crippen LogP) is 18.8. The van der Waals surface area contributed by atoms with Gasteiger partial charge >= 0.3 is 0 Å². The van der Waals surface area contributed by atoms with Gasteiger partial charge in [-0.25, -0.2) is 0 Å². The summed E-state index contributed by atoms with van der Waals surface area (Å²) in [6, 6.07) is 107. The molecule has 0 spiro atoms. The maximum Gasteiger partial charge on any atom is 0.0714 e. The Bertz CT molecular complexity index is 4130. The molecular formula is C71H48N2. The maximum absolute atomic E-state index is 2.46. The van der Waals surface area contributed by atoms with Crippen LogP contribution in [-0.2, 0) is 5.41 Å². The van der Waals surface area contributed by atoms with Crippen molar-refractivity contribution in [2.24, 2.45) is 0 Å². The summed E-state index contributed by atoms with van der Waals surface area (Å²) < 4.78 is 2.37. The summed E-state index contributed by atoms with van der Waals surface area (Å²) >= 11 is 0. The summed E-state index contributed by atoms with van der Waals surface area (Å²) in [7, 11) is 0. The van der Waals surface area contributed by atoms with Gasteiger partial charge in [-0.2, -0.15) is 0 Å². The third-order valence-electron chi connectivity index (χ3n) is 15.3. The fraction of sp³-hybridized carbons (Fsp3) is 0.0141. The van der Waals surface area contributed by atoms with E-state index in [0.717, 1.165) is 28.2 Å². The van der Waals surface area contributed by atoms with Crippen LogP contribution in [0, 0.1) is 0 Å². The molecule has 1 heterocycles. The lowest BCUT2D eigenvalue weighted by Crippen LogP contribution is -2.28. The van der Waals surface area contributed by atoms with Crippen LogP contribution < -0.4 is 4.90 Å². The third-order valence-corrected chi connectivity index (χ3v) is 15.3. The Kier molecular flexibility index (Phi) is 10.1. The Balaban J connectivity index is 0.886. The Labute approximate surface area is 426 Å². The molecule has 0 saturated heterocycles. The molecule has 0 fully saturated rings. The van der Waals surface area contributed by atoms with Crippen LogP contribution in [0.2, 0.25) is 0 Å². The average Bonchev–Trinajstić information content (AvgIpc) is 3.96. The zero-order valence-corrected chi connectivity index (χ0v) is 40.1. The van der Waals surface area contributed by atoms with Crippen molar-refractivity contribution in [3.05, 3.63) is 313 Å².